The fourth-order valence-electron chi connectivity index (χ4n) is 2.58. The number of rotatable bonds is 4. The van der Waals surface area contributed by atoms with Crippen LogP contribution in [0.3, 0.4) is 0 Å². The third-order valence-corrected chi connectivity index (χ3v) is 4.62. The van der Waals surface area contributed by atoms with Gasteiger partial charge < -0.3 is 9.72 Å². The van der Waals surface area contributed by atoms with Crippen LogP contribution in [0.4, 0.5) is 0 Å². The van der Waals surface area contributed by atoms with Gasteiger partial charge in [0.2, 0.25) is 0 Å². The summed E-state index contributed by atoms with van der Waals surface area (Å²) in [4.78, 5) is 27.5. The number of carbonyl (C=O) groups excluding carboxylic acids is 2. The number of aromatic nitrogens is 1. The Labute approximate surface area is 159 Å². The summed E-state index contributed by atoms with van der Waals surface area (Å²) in [6, 6.07) is 12.6. The summed E-state index contributed by atoms with van der Waals surface area (Å²) < 4.78 is 6.28. The first-order valence-corrected chi connectivity index (χ1v) is 8.80. The predicted molar refractivity (Wildman–Crippen MR) is 103 cm³/mol. The molecule has 3 aromatic rings. The quantitative estimate of drug-likeness (QED) is 0.571. The van der Waals surface area contributed by atoms with Crippen molar-refractivity contribution in [3.63, 3.8) is 0 Å². The fraction of sp³-hybridized carbons (Fsp3) is 0.158. The number of para-hydroxylation sites is 1. The van der Waals surface area contributed by atoms with Gasteiger partial charge >= 0.3 is 0 Å². The van der Waals surface area contributed by atoms with Crippen LogP contribution >= 0.6 is 15.9 Å². The maximum Gasteiger partial charge on any atom is 0.276 e. The Balaban J connectivity index is 1.59. The second kappa shape index (κ2) is 7.61. The molecule has 0 aliphatic carbocycles. The highest BCUT2D eigenvalue weighted by molar-refractivity contribution is 9.10. The first-order valence-electron chi connectivity index (χ1n) is 8.01. The smallest absolute Gasteiger partial charge is 0.276 e. The zero-order chi connectivity index (χ0) is 18.7. The molecule has 0 aliphatic rings. The van der Waals surface area contributed by atoms with Crippen LogP contribution in [0.15, 0.2) is 46.9 Å². The fourth-order valence-corrected chi connectivity index (χ4v) is 2.85. The summed E-state index contributed by atoms with van der Waals surface area (Å²) in [7, 11) is 0. The highest BCUT2D eigenvalue weighted by atomic mass is 79.9. The molecule has 0 spiro atoms. The molecule has 134 valence electrons. The van der Waals surface area contributed by atoms with Gasteiger partial charge in [0.25, 0.3) is 11.8 Å². The highest BCUT2D eigenvalue weighted by Crippen LogP contribution is 2.24. The number of aryl methyl sites for hydroxylation is 2. The van der Waals surface area contributed by atoms with Gasteiger partial charge in [-0.05, 0) is 49.7 Å². The molecule has 0 bridgehead atoms. The number of hydrogen-bond donors (Lipinski definition) is 3. The molecule has 0 unspecified atom stereocenters. The SMILES string of the molecule is Cc1[nH]c2c(C(=O)NNC(=O)COc3ccc(Br)cc3)cccc2c1C. The van der Waals surface area contributed by atoms with Crippen LogP contribution < -0.4 is 15.6 Å². The van der Waals surface area contributed by atoms with Crippen LogP contribution in [0.25, 0.3) is 10.9 Å². The average Bonchev–Trinajstić information content (AvgIpc) is 2.93. The van der Waals surface area contributed by atoms with E-state index < -0.39 is 11.8 Å². The Morgan fingerprint density at radius 1 is 1.08 bits per heavy atom. The molecule has 2 aromatic carbocycles. The van der Waals surface area contributed by atoms with E-state index in [0.717, 1.165) is 26.6 Å². The highest BCUT2D eigenvalue weighted by Gasteiger charge is 2.14. The van der Waals surface area contributed by atoms with Crippen LogP contribution in [-0.4, -0.2) is 23.4 Å². The Bertz CT molecular complexity index is 964. The molecule has 0 aliphatic heterocycles. The van der Waals surface area contributed by atoms with E-state index >= 15 is 0 Å². The summed E-state index contributed by atoms with van der Waals surface area (Å²) in [6.45, 7) is 3.75. The lowest BCUT2D eigenvalue weighted by Crippen LogP contribution is -2.43. The molecule has 3 rings (SSSR count). The van der Waals surface area contributed by atoms with Crippen molar-refractivity contribution in [3.05, 3.63) is 63.8 Å². The molecule has 0 radical (unpaired) electrons. The number of halogens is 1. The van der Waals surface area contributed by atoms with Gasteiger partial charge in [-0.3, -0.25) is 20.4 Å². The zero-order valence-corrected chi connectivity index (χ0v) is 15.9. The standard InChI is InChI=1S/C19H18BrN3O3/c1-11-12(2)21-18-15(11)4-3-5-16(18)19(25)23-22-17(24)10-26-14-8-6-13(20)7-9-14/h3-9,21H,10H2,1-2H3,(H,22,24)(H,23,25). The van der Waals surface area contributed by atoms with Crippen molar-refractivity contribution >= 4 is 38.6 Å². The molecule has 0 saturated carbocycles. The first-order chi connectivity index (χ1) is 12.5. The lowest BCUT2D eigenvalue weighted by molar-refractivity contribution is -0.123. The Morgan fingerprint density at radius 2 is 1.81 bits per heavy atom. The lowest BCUT2D eigenvalue weighted by atomic mass is 10.1. The summed E-state index contributed by atoms with van der Waals surface area (Å²) >= 11 is 3.33. The normalized spacial score (nSPS) is 10.6. The van der Waals surface area contributed by atoms with Crippen molar-refractivity contribution < 1.29 is 14.3 Å². The van der Waals surface area contributed by atoms with Crippen molar-refractivity contribution in [2.45, 2.75) is 13.8 Å². The number of benzene rings is 2. The topological polar surface area (TPSA) is 83.2 Å². The van der Waals surface area contributed by atoms with E-state index in [2.05, 4.69) is 31.8 Å². The molecule has 6 nitrogen and oxygen atoms in total. The van der Waals surface area contributed by atoms with Crippen molar-refractivity contribution in [2.75, 3.05) is 6.61 Å². The van der Waals surface area contributed by atoms with Crippen molar-refractivity contribution in [2.24, 2.45) is 0 Å². The third kappa shape index (κ3) is 3.88. The second-order valence-corrected chi connectivity index (χ2v) is 6.76. The second-order valence-electron chi connectivity index (χ2n) is 5.85. The van der Waals surface area contributed by atoms with Crippen molar-refractivity contribution in [1.82, 2.24) is 15.8 Å². The van der Waals surface area contributed by atoms with Gasteiger partial charge in [-0.1, -0.05) is 28.1 Å². The van der Waals surface area contributed by atoms with E-state index in [0.29, 0.717) is 11.3 Å². The minimum absolute atomic E-state index is 0.202. The van der Waals surface area contributed by atoms with Crippen LogP contribution in [-0.2, 0) is 4.79 Å². The monoisotopic (exact) mass is 415 g/mol. The van der Waals surface area contributed by atoms with Gasteiger partial charge in [-0.2, -0.15) is 0 Å². The number of aromatic amines is 1. The van der Waals surface area contributed by atoms with Gasteiger partial charge in [0.05, 0.1) is 11.1 Å². The van der Waals surface area contributed by atoms with Crippen molar-refractivity contribution in [3.8, 4) is 5.75 Å². The zero-order valence-electron chi connectivity index (χ0n) is 14.4. The Hall–Kier alpha value is -2.80. The van der Waals surface area contributed by atoms with Gasteiger partial charge in [0, 0.05) is 15.6 Å². The molecule has 1 heterocycles. The molecule has 1 aromatic heterocycles. The van der Waals surface area contributed by atoms with E-state index in [1.54, 1.807) is 18.2 Å². The number of amides is 2. The summed E-state index contributed by atoms with van der Waals surface area (Å²) in [6.07, 6.45) is 0. The lowest BCUT2D eigenvalue weighted by Gasteiger charge is -2.09. The third-order valence-electron chi connectivity index (χ3n) is 4.09. The molecule has 2 amide bonds. The van der Waals surface area contributed by atoms with E-state index in [4.69, 9.17) is 4.74 Å². The largest absolute Gasteiger partial charge is 0.484 e. The van der Waals surface area contributed by atoms with Crippen LogP contribution in [0.1, 0.15) is 21.6 Å². The number of carbonyl (C=O) groups is 2. The minimum Gasteiger partial charge on any atom is -0.484 e. The van der Waals surface area contributed by atoms with E-state index in [9.17, 15) is 9.59 Å². The van der Waals surface area contributed by atoms with Gasteiger partial charge in [-0.25, -0.2) is 0 Å². The van der Waals surface area contributed by atoms with Crippen LogP contribution in [0.5, 0.6) is 5.75 Å². The molecular formula is C19H18BrN3O3. The number of fused-ring (bicyclic) bond motifs is 1. The van der Waals surface area contributed by atoms with Gasteiger partial charge in [-0.15, -0.1) is 0 Å². The molecule has 3 N–H and O–H groups in total. The van der Waals surface area contributed by atoms with Crippen LogP contribution in [0.2, 0.25) is 0 Å². The predicted octanol–water partition coefficient (Wildman–Crippen LogP) is 3.39. The molecular weight excluding hydrogens is 398 g/mol. The number of nitrogens with one attached hydrogen (secondary N) is 3. The van der Waals surface area contributed by atoms with E-state index in [1.165, 1.54) is 0 Å². The molecule has 0 atom stereocenters. The van der Waals surface area contributed by atoms with Crippen molar-refractivity contribution in [1.29, 1.82) is 0 Å². The molecule has 0 saturated heterocycles. The summed E-state index contributed by atoms with van der Waals surface area (Å²) in [5.74, 6) is -0.280. The molecule has 26 heavy (non-hydrogen) atoms. The first kappa shape index (κ1) is 18.0. The maximum atomic E-state index is 12.4. The van der Waals surface area contributed by atoms with Crippen LogP contribution in [0, 0.1) is 13.8 Å². The van der Waals surface area contributed by atoms with Gasteiger partial charge in [0.1, 0.15) is 5.75 Å². The van der Waals surface area contributed by atoms with Gasteiger partial charge in [0.15, 0.2) is 6.61 Å². The van der Waals surface area contributed by atoms with E-state index in [1.807, 2.05) is 38.1 Å². The maximum absolute atomic E-state index is 12.4. The summed E-state index contributed by atoms with van der Waals surface area (Å²) in [5.41, 5.74) is 8.10. The number of H-pyrrole nitrogens is 1. The Kier molecular flexibility index (Phi) is 5.27. The number of hydrogen-bond acceptors (Lipinski definition) is 3. The van der Waals surface area contributed by atoms with E-state index in [-0.39, 0.29) is 6.61 Å². The summed E-state index contributed by atoms with van der Waals surface area (Å²) in [5, 5.41) is 0.986. The molecule has 0 fully saturated rings. The molecule has 7 heteroatoms. The Morgan fingerprint density at radius 3 is 2.54 bits per heavy atom. The number of ether oxygens (including phenoxy) is 1. The minimum atomic E-state index is -0.452. The average molecular weight is 416 g/mol. The number of hydrazine groups is 1.